The van der Waals surface area contributed by atoms with Crippen LogP contribution in [0.3, 0.4) is 0 Å². The number of rotatable bonds is 2. The number of aliphatic imine (C=N–C) groups is 1. The van der Waals surface area contributed by atoms with E-state index in [-0.39, 0.29) is 16.3 Å². The topological polar surface area (TPSA) is 12.4 Å². The molecular weight excluding hydrogens is 307 g/mol. The number of isothiocyanates is 1. The summed E-state index contributed by atoms with van der Waals surface area (Å²) in [5.74, 6) is 0. The number of hydrogen-bond acceptors (Lipinski definition) is 2. The van der Waals surface area contributed by atoms with Gasteiger partial charge in [-0.25, -0.2) is 0 Å². The Morgan fingerprint density at radius 2 is 1.75 bits per heavy atom. The van der Waals surface area contributed by atoms with Crippen molar-refractivity contribution in [2.24, 2.45) is 4.99 Å². The third kappa shape index (κ3) is 3.07. The predicted octanol–water partition coefficient (Wildman–Crippen LogP) is 5.76. The molecule has 0 unspecified atom stereocenters. The molecule has 0 saturated heterocycles. The average molecular weight is 314 g/mol. The number of alkyl halides is 3. The van der Waals surface area contributed by atoms with Crippen LogP contribution in [0, 0.1) is 0 Å². The molecule has 0 aliphatic rings. The smallest absolute Gasteiger partial charge is 0.195 e. The molecule has 20 heavy (non-hydrogen) atoms. The lowest BCUT2D eigenvalue weighted by molar-refractivity contribution is -0.137. The van der Waals surface area contributed by atoms with Gasteiger partial charge in [-0.05, 0) is 29.9 Å². The van der Waals surface area contributed by atoms with E-state index < -0.39 is 11.7 Å². The number of nitrogens with zero attached hydrogens (tertiary/aromatic N) is 1. The molecule has 0 spiro atoms. The number of halogens is 4. The second-order valence-corrected chi connectivity index (χ2v) is 4.51. The third-order valence-corrected chi connectivity index (χ3v) is 3.01. The summed E-state index contributed by atoms with van der Waals surface area (Å²) in [5, 5.41) is 2.00. The molecule has 0 fully saturated rings. The normalized spacial score (nSPS) is 11.0. The Morgan fingerprint density at radius 3 is 2.30 bits per heavy atom. The van der Waals surface area contributed by atoms with Crippen LogP contribution >= 0.6 is 23.8 Å². The molecule has 0 aromatic heterocycles. The van der Waals surface area contributed by atoms with E-state index in [2.05, 4.69) is 17.2 Å². The fourth-order valence-corrected chi connectivity index (χ4v) is 2.26. The fourth-order valence-electron chi connectivity index (χ4n) is 1.83. The van der Waals surface area contributed by atoms with E-state index in [1.54, 1.807) is 30.3 Å². The Labute approximate surface area is 123 Å². The van der Waals surface area contributed by atoms with E-state index in [9.17, 15) is 13.2 Å². The van der Waals surface area contributed by atoms with Crippen molar-refractivity contribution < 1.29 is 13.2 Å². The van der Waals surface area contributed by atoms with Crippen LogP contribution in [0.25, 0.3) is 11.1 Å². The van der Waals surface area contributed by atoms with Crippen LogP contribution in [-0.2, 0) is 6.18 Å². The van der Waals surface area contributed by atoms with Gasteiger partial charge >= 0.3 is 6.18 Å². The first-order valence-corrected chi connectivity index (χ1v) is 6.26. The maximum absolute atomic E-state index is 13.2. The molecule has 2 rings (SSSR count). The van der Waals surface area contributed by atoms with Gasteiger partial charge in [0.1, 0.15) is 0 Å². The van der Waals surface area contributed by atoms with E-state index in [1.807, 2.05) is 5.16 Å². The third-order valence-electron chi connectivity index (χ3n) is 2.62. The largest absolute Gasteiger partial charge is 0.417 e. The average Bonchev–Trinajstić information content (AvgIpc) is 2.38. The molecule has 0 aliphatic carbocycles. The molecule has 0 amide bonds. The van der Waals surface area contributed by atoms with Gasteiger partial charge < -0.3 is 0 Å². The molecule has 0 bridgehead atoms. The van der Waals surface area contributed by atoms with Crippen molar-refractivity contribution in [2.75, 3.05) is 0 Å². The first-order valence-electron chi connectivity index (χ1n) is 5.47. The van der Waals surface area contributed by atoms with Crippen LogP contribution in [0.1, 0.15) is 5.56 Å². The lowest BCUT2D eigenvalue weighted by atomic mass is 9.98. The summed E-state index contributed by atoms with van der Waals surface area (Å²) in [4.78, 5) is 3.56. The van der Waals surface area contributed by atoms with E-state index >= 15 is 0 Å². The van der Waals surface area contributed by atoms with Crippen LogP contribution in [0.15, 0.2) is 47.5 Å². The number of benzene rings is 2. The van der Waals surface area contributed by atoms with Crippen molar-refractivity contribution in [1.29, 1.82) is 0 Å². The van der Waals surface area contributed by atoms with Gasteiger partial charge in [0.15, 0.2) is 0 Å². The van der Waals surface area contributed by atoms with Crippen molar-refractivity contribution in [1.82, 2.24) is 0 Å². The minimum absolute atomic E-state index is 0.0250. The predicted molar refractivity (Wildman–Crippen MR) is 76.6 cm³/mol. The van der Waals surface area contributed by atoms with Crippen LogP contribution in [0.4, 0.5) is 18.9 Å². The van der Waals surface area contributed by atoms with Gasteiger partial charge in [0.2, 0.25) is 0 Å². The maximum atomic E-state index is 13.2. The van der Waals surface area contributed by atoms with Crippen LogP contribution < -0.4 is 0 Å². The Hall–Kier alpha value is -1.68. The zero-order chi connectivity index (χ0) is 14.8. The van der Waals surface area contributed by atoms with Crippen molar-refractivity contribution in [3.8, 4) is 11.1 Å². The molecule has 0 atom stereocenters. The highest BCUT2D eigenvalue weighted by Crippen LogP contribution is 2.43. The van der Waals surface area contributed by atoms with Crippen molar-refractivity contribution in [3.63, 3.8) is 0 Å². The van der Waals surface area contributed by atoms with E-state index in [0.717, 1.165) is 6.07 Å². The molecule has 2 aromatic carbocycles. The van der Waals surface area contributed by atoms with Gasteiger partial charge in [-0.3, -0.25) is 0 Å². The zero-order valence-electron chi connectivity index (χ0n) is 9.91. The highest BCUT2D eigenvalue weighted by atomic mass is 35.5. The van der Waals surface area contributed by atoms with Gasteiger partial charge in [-0.15, -0.1) is 0 Å². The minimum atomic E-state index is -4.54. The number of thiocarbonyl (C=S) groups is 1. The second-order valence-electron chi connectivity index (χ2n) is 3.92. The Kier molecular flexibility index (Phi) is 4.23. The molecule has 1 nitrogen and oxygen atoms in total. The summed E-state index contributed by atoms with van der Waals surface area (Å²) in [6.45, 7) is 0. The van der Waals surface area contributed by atoms with Gasteiger partial charge in [-0.1, -0.05) is 41.9 Å². The molecule has 0 saturated carbocycles. The lowest BCUT2D eigenvalue weighted by Gasteiger charge is -2.15. The Bertz CT molecular complexity index is 677. The highest BCUT2D eigenvalue weighted by molar-refractivity contribution is 7.78. The van der Waals surface area contributed by atoms with Crippen molar-refractivity contribution in [3.05, 3.63) is 53.1 Å². The molecule has 0 radical (unpaired) electrons. The molecule has 2 aromatic rings. The zero-order valence-corrected chi connectivity index (χ0v) is 11.5. The molecule has 6 heteroatoms. The molecule has 0 N–H and O–H groups in total. The Morgan fingerprint density at radius 1 is 1.10 bits per heavy atom. The van der Waals surface area contributed by atoms with Crippen LogP contribution in [0.2, 0.25) is 5.02 Å². The maximum Gasteiger partial charge on any atom is 0.417 e. The van der Waals surface area contributed by atoms with E-state index in [4.69, 9.17) is 11.6 Å². The lowest BCUT2D eigenvalue weighted by Crippen LogP contribution is -2.07. The monoisotopic (exact) mass is 313 g/mol. The molecule has 0 heterocycles. The summed E-state index contributed by atoms with van der Waals surface area (Å²) >= 11 is 10.4. The summed E-state index contributed by atoms with van der Waals surface area (Å²) in [5.41, 5.74) is -0.497. The van der Waals surface area contributed by atoms with Gasteiger partial charge in [0.25, 0.3) is 0 Å². The summed E-state index contributed by atoms with van der Waals surface area (Å²) in [6.07, 6.45) is -4.54. The van der Waals surface area contributed by atoms with Gasteiger partial charge in [-0.2, -0.15) is 18.2 Å². The first kappa shape index (κ1) is 14.7. The van der Waals surface area contributed by atoms with Crippen LogP contribution in [-0.4, -0.2) is 5.16 Å². The minimum Gasteiger partial charge on any atom is -0.195 e. The SMILES string of the molecule is FC(F)(F)c1cc(N=C=S)cc(Cl)c1-c1ccccc1. The standard InChI is InChI=1S/C14H7ClF3NS/c15-12-7-10(19-8-20)6-11(14(16,17)18)13(12)9-4-2-1-3-5-9/h1-7H. The molecular formula is C14H7ClF3NS. The van der Waals surface area contributed by atoms with Gasteiger partial charge in [0, 0.05) is 5.56 Å². The molecule has 0 aliphatic heterocycles. The van der Waals surface area contributed by atoms with E-state index in [1.165, 1.54) is 6.07 Å². The van der Waals surface area contributed by atoms with Crippen molar-refractivity contribution in [2.45, 2.75) is 6.18 Å². The Balaban J connectivity index is 2.76. The molecule has 102 valence electrons. The van der Waals surface area contributed by atoms with E-state index in [0.29, 0.717) is 5.56 Å². The van der Waals surface area contributed by atoms with Crippen molar-refractivity contribution >= 4 is 34.7 Å². The number of hydrogen-bond donors (Lipinski definition) is 0. The second kappa shape index (κ2) is 5.75. The summed E-state index contributed by atoms with van der Waals surface area (Å²) in [6, 6.07) is 10.4. The summed E-state index contributed by atoms with van der Waals surface area (Å²) in [7, 11) is 0. The first-order chi connectivity index (χ1) is 9.43. The van der Waals surface area contributed by atoms with Gasteiger partial charge in [0.05, 0.1) is 21.4 Å². The summed E-state index contributed by atoms with van der Waals surface area (Å²) < 4.78 is 39.6. The highest BCUT2D eigenvalue weighted by Gasteiger charge is 2.35. The fraction of sp³-hybridized carbons (Fsp3) is 0.0714. The van der Waals surface area contributed by atoms with Crippen LogP contribution in [0.5, 0.6) is 0 Å². The quantitative estimate of drug-likeness (QED) is 0.507.